The van der Waals surface area contributed by atoms with Crippen LogP contribution in [0.4, 0.5) is 0 Å². The summed E-state index contributed by atoms with van der Waals surface area (Å²) in [5.74, 6) is 0.590. The van der Waals surface area contributed by atoms with Crippen LogP contribution in [0.3, 0.4) is 0 Å². The van der Waals surface area contributed by atoms with Crippen molar-refractivity contribution < 1.29 is 9.32 Å². The Bertz CT molecular complexity index is 563. The molecule has 1 amide bonds. The monoisotopic (exact) mass is 260 g/mol. The summed E-state index contributed by atoms with van der Waals surface area (Å²) in [7, 11) is 0. The molecule has 0 saturated carbocycles. The highest BCUT2D eigenvalue weighted by molar-refractivity contribution is 5.86. The second-order valence-corrected chi connectivity index (χ2v) is 4.49. The normalized spacial score (nSPS) is 13.8. The summed E-state index contributed by atoms with van der Waals surface area (Å²) in [6, 6.07) is 9.19. The van der Waals surface area contributed by atoms with E-state index in [0.717, 1.165) is 5.56 Å². The predicted octanol–water partition coefficient (Wildman–Crippen LogP) is 0.868. The summed E-state index contributed by atoms with van der Waals surface area (Å²) in [5, 5.41) is 6.34. The molecular formula is C13H16N4O2. The molecule has 0 radical (unpaired) electrons. The first-order valence-corrected chi connectivity index (χ1v) is 5.92. The molecule has 0 aliphatic carbocycles. The lowest BCUT2D eigenvalue weighted by Gasteiger charge is -2.23. The lowest BCUT2D eigenvalue weighted by molar-refractivity contribution is -0.126. The number of hydrogen-bond donors (Lipinski definition) is 2. The van der Waals surface area contributed by atoms with Gasteiger partial charge in [0.1, 0.15) is 5.54 Å². The van der Waals surface area contributed by atoms with Gasteiger partial charge in [0.25, 0.3) is 0 Å². The number of benzene rings is 1. The van der Waals surface area contributed by atoms with E-state index in [4.69, 9.17) is 10.3 Å². The largest absolute Gasteiger partial charge is 0.345 e. The van der Waals surface area contributed by atoms with Crippen LogP contribution >= 0.6 is 0 Å². The maximum atomic E-state index is 12.1. The van der Waals surface area contributed by atoms with Crippen LogP contribution < -0.4 is 11.1 Å². The zero-order valence-corrected chi connectivity index (χ0v) is 10.9. The molecule has 0 saturated heterocycles. The van der Waals surface area contributed by atoms with Crippen LogP contribution in [0.25, 0.3) is 0 Å². The van der Waals surface area contributed by atoms with E-state index in [1.165, 1.54) is 0 Å². The van der Waals surface area contributed by atoms with Crippen molar-refractivity contribution >= 4 is 5.91 Å². The van der Waals surface area contributed by atoms with Gasteiger partial charge < -0.3 is 15.6 Å². The molecule has 2 rings (SSSR count). The number of carbonyl (C=O) groups excluding carboxylic acids is 1. The lowest BCUT2D eigenvalue weighted by atomic mass is 9.92. The molecule has 0 aliphatic rings. The molecule has 6 nitrogen and oxygen atoms in total. The van der Waals surface area contributed by atoms with Crippen molar-refractivity contribution in [3.8, 4) is 0 Å². The molecule has 100 valence electrons. The number of hydrogen-bond acceptors (Lipinski definition) is 5. The van der Waals surface area contributed by atoms with Crippen LogP contribution in [0.5, 0.6) is 0 Å². The molecule has 2 aromatic rings. The highest BCUT2D eigenvalue weighted by atomic mass is 16.5. The number of rotatable bonds is 4. The smallest absolute Gasteiger partial charge is 0.246 e. The first kappa shape index (κ1) is 13.2. The summed E-state index contributed by atoms with van der Waals surface area (Å²) in [6.45, 7) is 3.54. The molecule has 1 aromatic heterocycles. The number of aryl methyl sites for hydroxylation is 1. The Kier molecular flexibility index (Phi) is 3.62. The minimum atomic E-state index is -1.10. The third-order valence-corrected chi connectivity index (χ3v) is 2.81. The van der Waals surface area contributed by atoms with Crippen LogP contribution in [0.1, 0.15) is 24.2 Å². The number of nitrogens with two attached hydrogens (primary N) is 1. The van der Waals surface area contributed by atoms with E-state index in [-0.39, 0.29) is 12.5 Å². The average Bonchev–Trinajstić information content (AvgIpc) is 2.82. The molecule has 1 heterocycles. The van der Waals surface area contributed by atoms with Gasteiger partial charge in [0, 0.05) is 0 Å². The van der Waals surface area contributed by atoms with Crippen molar-refractivity contribution in [1.82, 2.24) is 15.5 Å². The average molecular weight is 260 g/mol. The summed E-state index contributed by atoms with van der Waals surface area (Å²) in [4.78, 5) is 16.1. The molecule has 0 fully saturated rings. The molecule has 0 aliphatic heterocycles. The molecule has 1 atom stereocenters. The van der Waals surface area contributed by atoms with Crippen molar-refractivity contribution in [2.24, 2.45) is 5.73 Å². The van der Waals surface area contributed by atoms with E-state index in [1.807, 2.05) is 30.3 Å². The third-order valence-electron chi connectivity index (χ3n) is 2.81. The molecular weight excluding hydrogens is 244 g/mol. The molecule has 6 heteroatoms. The van der Waals surface area contributed by atoms with Gasteiger partial charge in [-0.05, 0) is 19.4 Å². The molecule has 19 heavy (non-hydrogen) atoms. The van der Waals surface area contributed by atoms with Crippen LogP contribution in [0.15, 0.2) is 34.9 Å². The van der Waals surface area contributed by atoms with E-state index in [1.54, 1.807) is 13.8 Å². The molecule has 1 aromatic carbocycles. The minimum Gasteiger partial charge on any atom is -0.345 e. The van der Waals surface area contributed by atoms with Gasteiger partial charge in [-0.3, -0.25) is 4.79 Å². The summed E-state index contributed by atoms with van der Waals surface area (Å²) in [6.07, 6.45) is 0. The van der Waals surface area contributed by atoms with Crippen LogP contribution in [0.2, 0.25) is 0 Å². The predicted molar refractivity (Wildman–Crippen MR) is 68.9 cm³/mol. The first-order chi connectivity index (χ1) is 9.00. The standard InChI is InChI=1S/C13H16N4O2/c1-9-16-11(19-17-9)8-15-12(18)13(2,14)10-6-4-3-5-7-10/h3-7H,8,14H2,1-2H3,(H,15,18). The zero-order chi connectivity index (χ0) is 13.9. The Balaban J connectivity index is 2.03. The van der Waals surface area contributed by atoms with Crippen molar-refractivity contribution in [1.29, 1.82) is 0 Å². The van der Waals surface area contributed by atoms with Crippen LogP contribution in [-0.2, 0) is 16.9 Å². The highest BCUT2D eigenvalue weighted by Crippen LogP contribution is 2.17. The third kappa shape index (κ3) is 2.97. The fraction of sp³-hybridized carbons (Fsp3) is 0.308. The Morgan fingerprint density at radius 3 is 2.68 bits per heavy atom. The topological polar surface area (TPSA) is 94.0 Å². The van der Waals surface area contributed by atoms with E-state index >= 15 is 0 Å². The summed E-state index contributed by atoms with van der Waals surface area (Å²) >= 11 is 0. The van der Waals surface area contributed by atoms with Crippen molar-refractivity contribution in [2.45, 2.75) is 25.9 Å². The van der Waals surface area contributed by atoms with Gasteiger partial charge in [-0.15, -0.1) is 0 Å². The van der Waals surface area contributed by atoms with Gasteiger partial charge in [-0.1, -0.05) is 35.5 Å². The highest BCUT2D eigenvalue weighted by Gasteiger charge is 2.30. The lowest BCUT2D eigenvalue weighted by Crippen LogP contribution is -2.48. The van der Waals surface area contributed by atoms with Gasteiger partial charge in [-0.25, -0.2) is 0 Å². The Labute approximate surface area is 111 Å². The number of nitrogens with one attached hydrogen (secondary N) is 1. The SMILES string of the molecule is Cc1noc(CNC(=O)C(C)(N)c2ccccc2)n1. The molecule has 0 bridgehead atoms. The van der Waals surface area contributed by atoms with Crippen LogP contribution in [-0.4, -0.2) is 16.0 Å². The van der Waals surface area contributed by atoms with Crippen LogP contribution in [0, 0.1) is 6.92 Å². The van der Waals surface area contributed by atoms with E-state index in [0.29, 0.717) is 11.7 Å². The van der Waals surface area contributed by atoms with Crippen molar-refractivity contribution in [3.05, 3.63) is 47.6 Å². The van der Waals surface area contributed by atoms with Gasteiger partial charge in [-0.2, -0.15) is 4.98 Å². The molecule has 1 unspecified atom stereocenters. The minimum absolute atomic E-state index is 0.166. The van der Waals surface area contributed by atoms with Crippen molar-refractivity contribution in [2.75, 3.05) is 0 Å². The Hall–Kier alpha value is -2.21. The van der Waals surface area contributed by atoms with Gasteiger partial charge in [0.2, 0.25) is 11.8 Å². The quantitative estimate of drug-likeness (QED) is 0.850. The maximum Gasteiger partial charge on any atom is 0.246 e. The number of amides is 1. The maximum absolute atomic E-state index is 12.1. The Morgan fingerprint density at radius 1 is 1.42 bits per heavy atom. The first-order valence-electron chi connectivity index (χ1n) is 5.92. The second-order valence-electron chi connectivity index (χ2n) is 4.49. The Morgan fingerprint density at radius 2 is 2.11 bits per heavy atom. The number of carbonyl (C=O) groups is 1. The fourth-order valence-electron chi connectivity index (χ4n) is 1.67. The van der Waals surface area contributed by atoms with Crippen molar-refractivity contribution in [3.63, 3.8) is 0 Å². The number of nitrogens with zero attached hydrogens (tertiary/aromatic N) is 2. The molecule has 0 spiro atoms. The van der Waals surface area contributed by atoms with E-state index < -0.39 is 5.54 Å². The fourth-order valence-corrected chi connectivity index (χ4v) is 1.67. The van der Waals surface area contributed by atoms with Gasteiger partial charge in [0.05, 0.1) is 6.54 Å². The molecule has 3 N–H and O–H groups in total. The van der Waals surface area contributed by atoms with Gasteiger partial charge >= 0.3 is 0 Å². The van der Waals surface area contributed by atoms with E-state index in [9.17, 15) is 4.79 Å². The van der Waals surface area contributed by atoms with Gasteiger partial charge in [0.15, 0.2) is 5.82 Å². The summed E-state index contributed by atoms with van der Waals surface area (Å²) < 4.78 is 4.92. The second kappa shape index (κ2) is 5.19. The zero-order valence-electron chi connectivity index (χ0n) is 10.9. The summed E-state index contributed by atoms with van der Waals surface area (Å²) in [5.41, 5.74) is 5.72. The number of aromatic nitrogens is 2. The van der Waals surface area contributed by atoms with E-state index in [2.05, 4.69) is 15.5 Å².